The van der Waals surface area contributed by atoms with Crippen LogP contribution in [0.3, 0.4) is 0 Å². The second-order valence-corrected chi connectivity index (χ2v) is 5.34. The van der Waals surface area contributed by atoms with Crippen molar-refractivity contribution in [2.24, 2.45) is 5.41 Å². The van der Waals surface area contributed by atoms with Crippen LogP contribution in [0.25, 0.3) is 0 Å². The van der Waals surface area contributed by atoms with Gasteiger partial charge in [0.2, 0.25) is 0 Å². The van der Waals surface area contributed by atoms with Crippen LogP contribution in [0.15, 0.2) is 0 Å². The van der Waals surface area contributed by atoms with E-state index in [9.17, 15) is 0 Å². The minimum atomic E-state index is 0.411. The zero-order valence-electron chi connectivity index (χ0n) is 9.32. The van der Waals surface area contributed by atoms with Crippen molar-refractivity contribution in [2.45, 2.75) is 46.1 Å². The van der Waals surface area contributed by atoms with Gasteiger partial charge in [0.1, 0.15) is 0 Å². The smallest absolute Gasteiger partial charge is 0.0192 e. The van der Waals surface area contributed by atoms with Crippen LogP contribution in [0.4, 0.5) is 0 Å². The van der Waals surface area contributed by atoms with Crippen LogP contribution in [0.2, 0.25) is 0 Å². The summed E-state index contributed by atoms with van der Waals surface area (Å²) in [5.74, 6) is 0. The molecule has 2 heteroatoms. The molecule has 2 N–H and O–H groups in total. The molecule has 0 aromatic heterocycles. The Balaban J connectivity index is 2.04. The van der Waals surface area contributed by atoms with E-state index in [0.29, 0.717) is 5.41 Å². The van der Waals surface area contributed by atoms with Gasteiger partial charge in [0, 0.05) is 19.1 Å². The molecule has 1 saturated heterocycles. The predicted molar refractivity (Wildman–Crippen MR) is 58.0 cm³/mol. The fourth-order valence-corrected chi connectivity index (χ4v) is 1.72. The fourth-order valence-electron chi connectivity index (χ4n) is 1.72. The molecule has 1 rings (SSSR count). The molecule has 0 spiro atoms. The number of hydrogen-bond donors (Lipinski definition) is 2. The summed E-state index contributed by atoms with van der Waals surface area (Å²) in [5, 5.41) is 7.08. The third-order valence-corrected chi connectivity index (χ3v) is 2.46. The standard InChI is InChI=1S/C11H24N2/c1-11(2,3)9-12-8-10-6-4-5-7-13-10/h10,12-13H,4-9H2,1-3H3. The van der Waals surface area contributed by atoms with E-state index in [1.165, 1.54) is 25.8 Å². The molecule has 1 heterocycles. The lowest BCUT2D eigenvalue weighted by atomic mass is 9.96. The van der Waals surface area contributed by atoms with E-state index in [4.69, 9.17) is 0 Å². The SMILES string of the molecule is CC(C)(C)CNCC1CCCCN1. The maximum Gasteiger partial charge on any atom is 0.0192 e. The molecule has 0 aliphatic carbocycles. The summed E-state index contributed by atoms with van der Waals surface area (Å²) in [6, 6.07) is 0.719. The molecular formula is C11H24N2. The number of piperidine rings is 1. The summed E-state index contributed by atoms with van der Waals surface area (Å²) in [6.45, 7) is 10.3. The van der Waals surface area contributed by atoms with Gasteiger partial charge in [-0.15, -0.1) is 0 Å². The van der Waals surface area contributed by atoms with Gasteiger partial charge in [0.15, 0.2) is 0 Å². The van der Waals surface area contributed by atoms with Gasteiger partial charge in [0.25, 0.3) is 0 Å². The van der Waals surface area contributed by atoms with Crippen LogP contribution in [0, 0.1) is 5.41 Å². The Morgan fingerprint density at radius 3 is 2.62 bits per heavy atom. The van der Waals surface area contributed by atoms with E-state index in [1.54, 1.807) is 0 Å². The molecule has 0 amide bonds. The molecule has 2 nitrogen and oxygen atoms in total. The molecule has 1 fully saturated rings. The first-order chi connectivity index (χ1) is 6.08. The number of rotatable bonds is 3. The Kier molecular flexibility index (Phi) is 4.20. The molecule has 0 aromatic carbocycles. The zero-order valence-corrected chi connectivity index (χ0v) is 9.32. The van der Waals surface area contributed by atoms with Gasteiger partial charge in [-0.2, -0.15) is 0 Å². The molecule has 0 saturated carbocycles. The monoisotopic (exact) mass is 184 g/mol. The van der Waals surface area contributed by atoms with Gasteiger partial charge < -0.3 is 10.6 Å². The summed E-state index contributed by atoms with van der Waals surface area (Å²) in [5.41, 5.74) is 0.411. The van der Waals surface area contributed by atoms with E-state index in [-0.39, 0.29) is 0 Å². The zero-order chi connectivity index (χ0) is 9.73. The Morgan fingerprint density at radius 1 is 1.31 bits per heavy atom. The van der Waals surface area contributed by atoms with Crippen LogP contribution in [-0.4, -0.2) is 25.7 Å². The maximum atomic E-state index is 3.54. The molecule has 0 bridgehead atoms. The Bertz CT molecular complexity index is 132. The van der Waals surface area contributed by atoms with Crippen molar-refractivity contribution in [1.29, 1.82) is 0 Å². The molecule has 0 aromatic rings. The van der Waals surface area contributed by atoms with Gasteiger partial charge in [-0.1, -0.05) is 27.2 Å². The summed E-state index contributed by atoms with van der Waals surface area (Å²) in [4.78, 5) is 0. The third-order valence-electron chi connectivity index (χ3n) is 2.46. The van der Waals surface area contributed by atoms with E-state index in [2.05, 4.69) is 31.4 Å². The minimum absolute atomic E-state index is 0.411. The Labute approximate surface area is 82.5 Å². The minimum Gasteiger partial charge on any atom is -0.315 e. The van der Waals surface area contributed by atoms with Crippen molar-refractivity contribution < 1.29 is 0 Å². The normalized spacial score (nSPS) is 24.7. The highest BCUT2D eigenvalue weighted by Crippen LogP contribution is 2.11. The van der Waals surface area contributed by atoms with E-state index >= 15 is 0 Å². The van der Waals surface area contributed by atoms with Crippen molar-refractivity contribution in [3.8, 4) is 0 Å². The maximum absolute atomic E-state index is 3.54. The van der Waals surface area contributed by atoms with Crippen molar-refractivity contribution in [3.63, 3.8) is 0 Å². The van der Waals surface area contributed by atoms with Gasteiger partial charge in [0.05, 0.1) is 0 Å². The quantitative estimate of drug-likeness (QED) is 0.698. The average Bonchev–Trinajstić information content (AvgIpc) is 2.04. The lowest BCUT2D eigenvalue weighted by Crippen LogP contribution is -2.43. The summed E-state index contributed by atoms with van der Waals surface area (Å²) < 4.78 is 0. The predicted octanol–water partition coefficient (Wildman–Crippen LogP) is 1.76. The van der Waals surface area contributed by atoms with Crippen molar-refractivity contribution >= 4 is 0 Å². The van der Waals surface area contributed by atoms with Crippen LogP contribution in [0.5, 0.6) is 0 Å². The highest BCUT2D eigenvalue weighted by molar-refractivity contribution is 4.75. The number of hydrogen-bond acceptors (Lipinski definition) is 2. The molecule has 13 heavy (non-hydrogen) atoms. The topological polar surface area (TPSA) is 24.1 Å². The lowest BCUT2D eigenvalue weighted by Gasteiger charge is -2.26. The van der Waals surface area contributed by atoms with E-state index < -0.39 is 0 Å². The second kappa shape index (κ2) is 4.97. The van der Waals surface area contributed by atoms with E-state index in [1.807, 2.05) is 0 Å². The largest absolute Gasteiger partial charge is 0.315 e. The Morgan fingerprint density at radius 2 is 2.08 bits per heavy atom. The summed E-state index contributed by atoms with van der Waals surface area (Å²) >= 11 is 0. The molecule has 78 valence electrons. The summed E-state index contributed by atoms with van der Waals surface area (Å²) in [6.07, 6.45) is 4.10. The average molecular weight is 184 g/mol. The third kappa shape index (κ3) is 5.27. The van der Waals surface area contributed by atoms with Crippen LogP contribution < -0.4 is 10.6 Å². The van der Waals surface area contributed by atoms with Crippen LogP contribution in [-0.2, 0) is 0 Å². The number of nitrogens with one attached hydrogen (secondary N) is 2. The highest BCUT2D eigenvalue weighted by atomic mass is 15.0. The summed E-state index contributed by atoms with van der Waals surface area (Å²) in [7, 11) is 0. The van der Waals surface area contributed by atoms with Gasteiger partial charge in [-0.05, 0) is 24.8 Å². The van der Waals surface area contributed by atoms with Crippen LogP contribution >= 0.6 is 0 Å². The van der Waals surface area contributed by atoms with Crippen LogP contribution in [0.1, 0.15) is 40.0 Å². The Hall–Kier alpha value is -0.0800. The lowest BCUT2D eigenvalue weighted by molar-refractivity contribution is 0.337. The van der Waals surface area contributed by atoms with Crippen molar-refractivity contribution in [2.75, 3.05) is 19.6 Å². The highest BCUT2D eigenvalue weighted by Gasteiger charge is 2.14. The molecule has 1 aliphatic heterocycles. The second-order valence-electron chi connectivity index (χ2n) is 5.34. The fraction of sp³-hybridized carbons (Fsp3) is 1.00. The van der Waals surface area contributed by atoms with Crippen molar-refractivity contribution in [3.05, 3.63) is 0 Å². The van der Waals surface area contributed by atoms with Crippen molar-refractivity contribution in [1.82, 2.24) is 10.6 Å². The first-order valence-electron chi connectivity index (χ1n) is 5.52. The molecule has 0 radical (unpaired) electrons. The van der Waals surface area contributed by atoms with Gasteiger partial charge in [-0.25, -0.2) is 0 Å². The van der Waals surface area contributed by atoms with E-state index in [0.717, 1.165) is 19.1 Å². The van der Waals surface area contributed by atoms with Gasteiger partial charge >= 0.3 is 0 Å². The first kappa shape index (κ1) is 11.0. The first-order valence-corrected chi connectivity index (χ1v) is 5.52. The molecular weight excluding hydrogens is 160 g/mol. The van der Waals surface area contributed by atoms with Gasteiger partial charge in [-0.3, -0.25) is 0 Å². The molecule has 1 unspecified atom stereocenters. The molecule has 1 aliphatic rings. The molecule has 1 atom stereocenters.